The van der Waals surface area contributed by atoms with E-state index >= 15 is 0 Å². The fourth-order valence-electron chi connectivity index (χ4n) is 2.97. The van der Waals surface area contributed by atoms with Crippen LogP contribution in [0.5, 0.6) is 5.75 Å². The molecule has 0 aliphatic rings. The number of benzene rings is 2. The summed E-state index contributed by atoms with van der Waals surface area (Å²) in [5, 5.41) is 6.40. The van der Waals surface area contributed by atoms with Crippen LogP contribution in [0.2, 0.25) is 0 Å². The number of ether oxygens (including phenoxy) is 1. The number of rotatable bonds is 8. The average molecular weight is 447 g/mol. The SMILES string of the molecule is CN=C(NCc1ccccc1S(=O)(=O)NC(C)(C)C)NCC(C)Oc1cccc(C)c1. The van der Waals surface area contributed by atoms with Crippen molar-refractivity contribution >= 4 is 16.0 Å². The molecule has 0 aromatic heterocycles. The lowest BCUT2D eigenvalue weighted by Gasteiger charge is -2.22. The molecule has 0 saturated heterocycles. The summed E-state index contributed by atoms with van der Waals surface area (Å²) < 4.78 is 34.2. The molecule has 0 radical (unpaired) electrons. The van der Waals surface area contributed by atoms with E-state index in [1.54, 1.807) is 25.2 Å². The van der Waals surface area contributed by atoms with Crippen LogP contribution in [0.25, 0.3) is 0 Å². The molecule has 2 rings (SSSR count). The Hall–Kier alpha value is -2.58. The number of sulfonamides is 1. The molecule has 0 spiro atoms. The Bertz CT molecular complexity index is 998. The van der Waals surface area contributed by atoms with E-state index in [-0.39, 0.29) is 11.0 Å². The van der Waals surface area contributed by atoms with E-state index in [0.717, 1.165) is 11.3 Å². The van der Waals surface area contributed by atoms with Crippen molar-refractivity contribution in [2.75, 3.05) is 13.6 Å². The minimum atomic E-state index is -3.64. The minimum Gasteiger partial charge on any atom is -0.489 e. The lowest BCUT2D eigenvalue weighted by molar-refractivity contribution is 0.223. The Kier molecular flexibility index (Phi) is 8.47. The van der Waals surface area contributed by atoms with Crippen LogP contribution < -0.4 is 20.1 Å². The van der Waals surface area contributed by atoms with Crippen LogP contribution in [0.1, 0.15) is 38.8 Å². The predicted molar refractivity (Wildman–Crippen MR) is 126 cm³/mol. The second-order valence-corrected chi connectivity index (χ2v) is 10.2. The van der Waals surface area contributed by atoms with E-state index in [0.29, 0.717) is 24.6 Å². The van der Waals surface area contributed by atoms with Crippen molar-refractivity contribution in [3.63, 3.8) is 0 Å². The molecular formula is C23H34N4O3S. The van der Waals surface area contributed by atoms with E-state index in [1.807, 2.05) is 65.0 Å². The number of hydrogen-bond donors (Lipinski definition) is 3. The molecule has 1 unspecified atom stereocenters. The number of nitrogens with zero attached hydrogens (tertiary/aromatic N) is 1. The van der Waals surface area contributed by atoms with Crippen LogP contribution in [-0.4, -0.2) is 39.6 Å². The Morgan fingerprint density at radius 3 is 2.45 bits per heavy atom. The number of aliphatic imine (C=N–C) groups is 1. The first-order valence-electron chi connectivity index (χ1n) is 10.3. The molecule has 0 aliphatic heterocycles. The third-order valence-electron chi connectivity index (χ3n) is 4.26. The van der Waals surface area contributed by atoms with Gasteiger partial charge in [-0.05, 0) is 63.9 Å². The van der Waals surface area contributed by atoms with Crippen LogP contribution in [0.15, 0.2) is 58.4 Å². The van der Waals surface area contributed by atoms with Gasteiger partial charge in [-0.2, -0.15) is 0 Å². The largest absolute Gasteiger partial charge is 0.489 e. The molecule has 7 nitrogen and oxygen atoms in total. The zero-order valence-corrected chi connectivity index (χ0v) is 20.0. The molecule has 31 heavy (non-hydrogen) atoms. The second kappa shape index (κ2) is 10.6. The predicted octanol–water partition coefficient (Wildman–Crippen LogP) is 3.20. The van der Waals surface area contributed by atoms with E-state index < -0.39 is 15.6 Å². The van der Waals surface area contributed by atoms with Crippen molar-refractivity contribution in [3.05, 3.63) is 59.7 Å². The van der Waals surface area contributed by atoms with Crippen LogP contribution in [0.4, 0.5) is 0 Å². The van der Waals surface area contributed by atoms with Crippen molar-refractivity contribution in [2.24, 2.45) is 4.99 Å². The molecule has 0 saturated carbocycles. The van der Waals surface area contributed by atoms with Crippen molar-refractivity contribution in [1.29, 1.82) is 0 Å². The molecule has 0 fully saturated rings. The third kappa shape index (κ3) is 8.22. The van der Waals surface area contributed by atoms with Gasteiger partial charge in [0, 0.05) is 19.1 Å². The van der Waals surface area contributed by atoms with Gasteiger partial charge in [-0.15, -0.1) is 0 Å². The van der Waals surface area contributed by atoms with Gasteiger partial charge in [-0.1, -0.05) is 30.3 Å². The molecule has 2 aromatic rings. The quantitative estimate of drug-likeness (QED) is 0.428. The first-order chi connectivity index (χ1) is 14.5. The molecule has 0 heterocycles. The first-order valence-corrected chi connectivity index (χ1v) is 11.8. The molecule has 8 heteroatoms. The van der Waals surface area contributed by atoms with Gasteiger partial charge in [0.2, 0.25) is 10.0 Å². The van der Waals surface area contributed by atoms with Gasteiger partial charge < -0.3 is 15.4 Å². The smallest absolute Gasteiger partial charge is 0.241 e. The molecule has 170 valence electrons. The van der Waals surface area contributed by atoms with Gasteiger partial charge in [0.1, 0.15) is 11.9 Å². The van der Waals surface area contributed by atoms with Gasteiger partial charge in [-0.25, -0.2) is 13.1 Å². The number of aryl methyl sites for hydroxylation is 1. The Balaban J connectivity index is 1.97. The van der Waals surface area contributed by atoms with E-state index in [9.17, 15) is 8.42 Å². The van der Waals surface area contributed by atoms with Crippen LogP contribution in [0.3, 0.4) is 0 Å². The molecular weight excluding hydrogens is 412 g/mol. The van der Waals surface area contributed by atoms with Crippen molar-refractivity contribution < 1.29 is 13.2 Å². The molecule has 1 atom stereocenters. The summed E-state index contributed by atoms with van der Waals surface area (Å²) in [6.45, 7) is 10.3. The lowest BCUT2D eigenvalue weighted by atomic mass is 10.1. The lowest BCUT2D eigenvalue weighted by Crippen LogP contribution is -2.42. The van der Waals surface area contributed by atoms with Crippen molar-refractivity contribution in [2.45, 2.75) is 57.7 Å². The molecule has 0 amide bonds. The zero-order chi connectivity index (χ0) is 23.1. The standard InChI is InChI=1S/C23H34N4O3S/c1-17-10-9-12-20(14-17)30-18(2)15-25-22(24-6)26-16-19-11-7-8-13-21(19)31(28,29)27-23(3,4)5/h7-14,18,27H,15-16H2,1-6H3,(H2,24,25,26). The average Bonchev–Trinajstić information content (AvgIpc) is 2.66. The minimum absolute atomic E-state index is 0.0796. The number of nitrogens with one attached hydrogen (secondary N) is 3. The summed E-state index contributed by atoms with van der Waals surface area (Å²) in [4.78, 5) is 4.48. The Morgan fingerprint density at radius 1 is 1.10 bits per heavy atom. The summed E-state index contributed by atoms with van der Waals surface area (Å²) in [7, 11) is -1.97. The van der Waals surface area contributed by atoms with Crippen LogP contribution in [-0.2, 0) is 16.6 Å². The highest BCUT2D eigenvalue weighted by Crippen LogP contribution is 2.18. The summed E-state index contributed by atoms with van der Waals surface area (Å²) in [5.41, 5.74) is 1.24. The fraction of sp³-hybridized carbons (Fsp3) is 0.435. The van der Waals surface area contributed by atoms with E-state index in [2.05, 4.69) is 20.3 Å². The van der Waals surface area contributed by atoms with Crippen LogP contribution >= 0.6 is 0 Å². The number of guanidine groups is 1. The summed E-state index contributed by atoms with van der Waals surface area (Å²) in [6.07, 6.45) is -0.0796. The maximum Gasteiger partial charge on any atom is 0.241 e. The van der Waals surface area contributed by atoms with E-state index in [4.69, 9.17) is 4.74 Å². The zero-order valence-electron chi connectivity index (χ0n) is 19.2. The van der Waals surface area contributed by atoms with Gasteiger partial charge in [0.05, 0.1) is 11.4 Å². The topological polar surface area (TPSA) is 91.8 Å². The molecule has 0 bridgehead atoms. The Morgan fingerprint density at radius 2 is 1.81 bits per heavy atom. The summed E-state index contributed by atoms with van der Waals surface area (Å²) in [6, 6.07) is 14.9. The highest BCUT2D eigenvalue weighted by Gasteiger charge is 2.24. The van der Waals surface area contributed by atoms with Gasteiger partial charge in [0.15, 0.2) is 5.96 Å². The van der Waals surface area contributed by atoms with Gasteiger partial charge in [-0.3, -0.25) is 4.99 Å². The third-order valence-corrected chi connectivity index (χ3v) is 6.11. The van der Waals surface area contributed by atoms with Gasteiger partial charge >= 0.3 is 0 Å². The summed E-state index contributed by atoms with van der Waals surface area (Å²) >= 11 is 0. The normalized spacial score (nSPS) is 13.5. The van der Waals surface area contributed by atoms with Crippen LogP contribution in [0, 0.1) is 6.92 Å². The van der Waals surface area contributed by atoms with Crippen molar-refractivity contribution in [3.8, 4) is 5.75 Å². The molecule has 2 aromatic carbocycles. The monoisotopic (exact) mass is 446 g/mol. The fourth-order valence-corrected chi connectivity index (χ4v) is 4.63. The Labute approximate surface area is 186 Å². The van der Waals surface area contributed by atoms with E-state index in [1.165, 1.54) is 0 Å². The highest BCUT2D eigenvalue weighted by atomic mass is 32.2. The highest BCUT2D eigenvalue weighted by molar-refractivity contribution is 7.89. The first kappa shape index (κ1) is 24.7. The maximum absolute atomic E-state index is 12.8. The number of hydrogen-bond acceptors (Lipinski definition) is 4. The maximum atomic E-state index is 12.8. The van der Waals surface area contributed by atoms with Crippen molar-refractivity contribution in [1.82, 2.24) is 15.4 Å². The molecule has 3 N–H and O–H groups in total. The second-order valence-electron chi connectivity index (χ2n) is 8.51. The summed E-state index contributed by atoms with van der Waals surface area (Å²) in [5.74, 6) is 1.39. The van der Waals surface area contributed by atoms with Gasteiger partial charge in [0.25, 0.3) is 0 Å². The molecule has 0 aliphatic carbocycles.